The summed E-state index contributed by atoms with van der Waals surface area (Å²) in [6, 6.07) is 6.55. The van der Waals surface area contributed by atoms with Crippen molar-refractivity contribution in [2.75, 3.05) is 0 Å². The first kappa shape index (κ1) is 23.6. The number of hydrogen-bond donors (Lipinski definition) is 1. The van der Waals surface area contributed by atoms with E-state index in [2.05, 4.69) is 14.8 Å². The average molecular weight is 477 g/mol. The summed E-state index contributed by atoms with van der Waals surface area (Å²) in [5.74, 6) is -2.67. The largest absolute Gasteiger partial charge is 0.492 e. The van der Waals surface area contributed by atoms with Crippen molar-refractivity contribution in [2.45, 2.75) is 37.4 Å². The lowest BCUT2D eigenvalue weighted by Crippen LogP contribution is -2.42. The molecule has 1 N–H and O–H groups in total. The number of carbonyl (C=O) groups excluding carboxylic acids is 1. The Morgan fingerprint density at radius 2 is 1.75 bits per heavy atom. The van der Waals surface area contributed by atoms with Gasteiger partial charge in [0.25, 0.3) is 16.4 Å². The third-order valence-corrected chi connectivity index (χ3v) is 6.15. The number of hydroxylamine groups is 1. The number of hydrogen-bond acceptors (Lipinski definition) is 5. The smallest absolute Gasteiger partial charge is 0.345 e. The van der Waals surface area contributed by atoms with Gasteiger partial charge in [0, 0.05) is 11.6 Å². The average Bonchev–Trinajstić information content (AvgIpc) is 3.15. The van der Waals surface area contributed by atoms with Gasteiger partial charge < -0.3 is 9.82 Å². The maximum absolute atomic E-state index is 13.0. The fourth-order valence-corrected chi connectivity index (χ4v) is 4.30. The van der Waals surface area contributed by atoms with Crippen LogP contribution in [0.15, 0.2) is 47.5 Å². The highest BCUT2D eigenvalue weighted by molar-refractivity contribution is 7.89. The van der Waals surface area contributed by atoms with Crippen molar-refractivity contribution in [3.05, 3.63) is 48.3 Å². The molecule has 2 heterocycles. The van der Waals surface area contributed by atoms with Crippen molar-refractivity contribution >= 4 is 27.0 Å². The molecule has 1 aromatic carbocycles. The Hall–Kier alpha value is -3.06. The topological polar surface area (TPSA) is 92.4 Å². The normalized spacial score (nSPS) is 12.8. The molecule has 0 saturated heterocycles. The SMILES string of the molecule is CC(C)N(OC(=O)C(F)(F)F)S(=O)(=O)c1ccc(-c2ccnc3[nH]c(C(F)F)cc23)cc1. The molecule has 172 valence electrons. The van der Waals surface area contributed by atoms with Gasteiger partial charge in [-0.1, -0.05) is 12.1 Å². The third-order valence-electron chi connectivity index (χ3n) is 4.31. The number of pyridine rings is 1. The number of rotatable bonds is 6. The van der Waals surface area contributed by atoms with E-state index in [9.17, 15) is 35.2 Å². The van der Waals surface area contributed by atoms with E-state index in [1.165, 1.54) is 38.2 Å². The van der Waals surface area contributed by atoms with Crippen LogP contribution in [-0.2, 0) is 19.7 Å². The van der Waals surface area contributed by atoms with Crippen LogP contribution in [0.2, 0.25) is 0 Å². The summed E-state index contributed by atoms with van der Waals surface area (Å²) < 4.78 is 89.1. The summed E-state index contributed by atoms with van der Waals surface area (Å²) >= 11 is 0. The number of carbonyl (C=O) groups is 1. The van der Waals surface area contributed by atoms with E-state index in [1.54, 1.807) is 6.07 Å². The van der Waals surface area contributed by atoms with Crippen molar-refractivity contribution in [1.29, 1.82) is 0 Å². The first-order chi connectivity index (χ1) is 14.8. The van der Waals surface area contributed by atoms with Crippen LogP contribution in [-0.4, -0.2) is 41.0 Å². The molecule has 0 bridgehead atoms. The van der Waals surface area contributed by atoms with E-state index < -0.39 is 39.5 Å². The number of fused-ring (bicyclic) bond motifs is 1. The highest BCUT2D eigenvalue weighted by Gasteiger charge is 2.45. The lowest BCUT2D eigenvalue weighted by atomic mass is 10.0. The minimum atomic E-state index is -5.38. The predicted octanol–water partition coefficient (Wildman–Crippen LogP) is 4.59. The minimum Gasteiger partial charge on any atom is -0.345 e. The summed E-state index contributed by atoms with van der Waals surface area (Å²) in [6.45, 7) is 2.46. The number of nitrogens with one attached hydrogen (secondary N) is 1. The number of sulfonamides is 1. The molecular formula is C19H16F5N3O4S. The Labute approximate surface area is 178 Å². The van der Waals surface area contributed by atoms with Gasteiger partial charge in [-0.05, 0) is 53.7 Å². The molecule has 0 spiro atoms. The molecule has 0 amide bonds. The quantitative estimate of drug-likeness (QED) is 0.414. The van der Waals surface area contributed by atoms with E-state index >= 15 is 0 Å². The molecule has 0 aliphatic heterocycles. The monoisotopic (exact) mass is 477 g/mol. The van der Waals surface area contributed by atoms with Crippen LogP contribution >= 0.6 is 0 Å². The van der Waals surface area contributed by atoms with Gasteiger partial charge in [0.2, 0.25) is 0 Å². The number of nitrogens with zero attached hydrogens (tertiary/aromatic N) is 2. The molecule has 3 rings (SSSR count). The van der Waals surface area contributed by atoms with Gasteiger partial charge in [0.05, 0.1) is 16.6 Å². The number of H-pyrrole nitrogens is 1. The van der Waals surface area contributed by atoms with Gasteiger partial charge in [-0.3, -0.25) is 0 Å². The molecule has 2 aromatic heterocycles. The number of halogens is 5. The first-order valence-corrected chi connectivity index (χ1v) is 10.5. The second-order valence-electron chi connectivity index (χ2n) is 6.90. The standard InChI is InChI=1S/C19H16F5N3O4S/c1-10(2)27(31-18(28)19(22,23)24)32(29,30)12-5-3-11(4-6-12)13-7-8-25-17-14(13)9-15(26-17)16(20)21/h3-10,16H,1-2H3,(H,25,26). The molecule has 0 fully saturated rings. The lowest BCUT2D eigenvalue weighted by molar-refractivity contribution is -0.225. The Morgan fingerprint density at radius 1 is 1.12 bits per heavy atom. The molecule has 0 aliphatic carbocycles. The molecule has 0 radical (unpaired) electrons. The fraction of sp³-hybridized carbons (Fsp3) is 0.263. The summed E-state index contributed by atoms with van der Waals surface area (Å²) in [6.07, 6.45) is -6.75. The highest BCUT2D eigenvalue weighted by atomic mass is 32.2. The van der Waals surface area contributed by atoms with Gasteiger partial charge in [-0.2, -0.15) is 13.2 Å². The number of aromatic nitrogens is 2. The van der Waals surface area contributed by atoms with E-state index in [4.69, 9.17) is 0 Å². The van der Waals surface area contributed by atoms with Gasteiger partial charge in [-0.25, -0.2) is 27.0 Å². The number of aromatic amines is 1. The molecule has 0 unspecified atom stereocenters. The number of alkyl halides is 5. The maximum atomic E-state index is 13.0. The van der Waals surface area contributed by atoms with E-state index in [-0.39, 0.29) is 15.8 Å². The molecule has 13 heteroatoms. The van der Waals surface area contributed by atoms with Crippen LogP contribution in [0, 0.1) is 0 Å². The Morgan fingerprint density at radius 3 is 2.28 bits per heavy atom. The predicted molar refractivity (Wildman–Crippen MR) is 103 cm³/mol. The Bertz CT molecular complexity index is 1240. The molecule has 3 aromatic rings. The lowest BCUT2D eigenvalue weighted by Gasteiger charge is -2.24. The van der Waals surface area contributed by atoms with Crippen molar-refractivity contribution in [2.24, 2.45) is 0 Å². The molecule has 32 heavy (non-hydrogen) atoms. The maximum Gasteiger partial charge on any atom is 0.492 e. The van der Waals surface area contributed by atoms with Gasteiger partial charge >= 0.3 is 12.1 Å². The van der Waals surface area contributed by atoms with Crippen LogP contribution in [0.1, 0.15) is 26.0 Å². The number of benzene rings is 1. The molecular weight excluding hydrogens is 461 g/mol. The summed E-state index contributed by atoms with van der Waals surface area (Å²) in [5.41, 5.74) is 0.795. The van der Waals surface area contributed by atoms with E-state index in [0.29, 0.717) is 16.5 Å². The summed E-state index contributed by atoms with van der Waals surface area (Å²) in [7, 11) is -4.63. The third kappa shape index (κ3) is 4.58. The second kappa shape index (κ2) is 8.47. The van der Waals surface area contributed by atoms with Crippen molar-refractivity contribution in [1.82, 2.24) is 14.4 Å². The minimum absolute atomic E-state index is 0.0243. The van der Waals surface area contributed by atoms with Crippen molar-refractivity contribution in [3.8, 4) is 11.1 Å². The zero-order valence-electron chi connectivity index (χ0n) is 16.5. The summed E-state index contributed by atoms with van der Waals surface area (Å²) in [4.78, 5) is 21.3. The molecule has 0 saturated carbocycles. The van der Waals surface area contributed by atoms with Crippen molar-refractivity contribution < 1.29 is 40.0 Å². The van der Waals surface area contributed by atoms with E-state index in [1.807, 2.05) is 0 Å². The molecule has 0 aliphatic rings. The Kier molecular flexibility index (Phi) is 6.24. The molecule has 0 atom stereocenters. The van der Waals surface area contributed by atoms with Gasteiger partial charge in [0.15, 0.2) is 0 Å². The molecule has 7 nitrogen and oxygen atoms in total. The zero-order chi connectivity index (χ0) is 23.8. The van der Waals surface area contributed by atoms with Crippen LogP contribution < -0.4 is 0 Å². The Balaban J connectivity index is 1.97. The second-order valence-corrected chi connectivity index (χ2v) is 8.68. The van der Waals surface area contributed by atoms with Crippen LogP contribution in [0.25, 0.3) is 22.2 Å². The fourth-order valence-electron chi connectivity index (χ4n) is 2.89. The van der Waals surface area contributed by atoms with Crippen LogP contribution in [0.4, 0.5) is 22.0 Å². The first-order valence-electron chi connectivity index (χ1n) is 9.02. The van der Waals surface area contributed by atoms with Gasteiger partial charge in [0.1, 0.15) is 5.65 Å². The summed E-state index contributed by atoms with van der Waals surface area (Å²) in [5, 5.41) is 0.376. The zero-order valence-corrected chi connectivity index (χ0v) is 17.3. The van der Waals surface area contributed by atoms with Crippen LogP contribution in [0.5, 0.6) is 0 Å². The van der Waals surface area contributed by atoms with Crippen molar-refractivity contribution in [3.63, 3.8) is 0 Å². The highest BCUT2D eigenvalue weighted by Crippen LogP contribution is 2.32. The van der Waals surface area contributed by atoms with Gasteiger partial charge in [-0.15, -0.1) is 0 Å². The van der Waals surface area contributed by atoms with Crippen LogP contribution in [0.3, 0.4) is 0 Å². The van der Waals surface area contributed by atoms with E-state index in [0.717, 1.165) is 12.1 Å².